The van der Waals surface area contributed by atoms with E-state index in [1.165, 1.54) is 0 Å². The maximum absolute atomic E-state index is 5.41. The molecular formula is C20H21N3O3. The number of hydrogen-bond donors (Lipinski definition) is 1. The number of aryl methyl sites for hydroxylation is 1. The molecule has 26 heavy (non-hydrogen) atoms. The largest absolute Gasteiger partial charge is 0.496 e. The van der Waals surface area contributed by atoms with E-state index >= 15 is 0 Å². The number of para-hydroxylation sites is 1. The van der Waals surface area contributed by atoms with Gasteiger partial charge in [0.15, 0.2) is 11.5 Å². The van der Waals surface area contributed by atoms with E-state index in [-0.39, 0.29) is 0 Å². The van der Waals surface area contributed by atoms with Crippen LogP contribution in [0.4, 0.5) is 5.69 Å². The molecule has 0 aliphatic carbocycles. The molecule has 0 aliphatic heterocycles. The van der Waals surface area contributed by atoms with E-state index in [9.17, 15) is 0 Å². The van der Waals surface area contributed by atoms with E-state index in [0.717, 1.165) is 27.8 Å². The number of aromatic nitrogens is 1. The first-order valence-corrected chi connectivity index (χ1v) is 8.11. The molecule has 0 radical (unpaired) electrons. The van der Waals surface area contributed by atoms with Gasteiger partial charge < -0.3 is 14.2 Å². The van der Waals surface area contributed by atoms with Crippen molar-refractivity contribution in [1.82, 2.24) is 4.98 Å². The summed E-state index contributed by atoms with van der Waals surface area (Å²) in [5.74, 6) is 1.86. The Kier molecular flexibility index (Phi) is 5.22. The Balaban J connectivity index is 1.92. The molecule has 1 aromatic heterocycles. The molecular weight excluding hydrogens is 330 g/mol. The molecule has 0 amide bonds. The molecule has 6 nitrogen and oxygen atoms in total. The van der Waals surface area contributed by atoms with Crippen LogP contribution in [-0.2, 0) is 0 Å². The minimum atomic E-state index is 0.602. The van der Waals surface area contributed by atoms with Gasteiger partial charge in [-0.05, 0) is 25.1 Å². The molecule has 6 heteroatoms. The molecule has 2 aromatic carbocycles. The molecule has 1 N–H and O–H groups in total. The van der Waals surface area contributed by atoms with Gasteiger partial charge >= 0.3 is 0 Å². The minimum Gasteiger partial charge on any atom is -0.496 e. The average molecular weight is 351 g/mol. The van der Waals surface area contributed by atoms with E-state index < -0.39 is 0 Å². The van der Waals surface area contributed by atoms with Crippen molar-refractivity contribution in [2.75, 3.05) is 26.8 Å². The predicted molar refractivity (Wildman–Crippen MR) is 104 cm³/mol. The monoisotopic (exact) mass is 351 g/mol. The highest BCUT2D eigenvalue weighted by atomic mass is 16.5. The van der Waals surface area contributed by atoms with Gasteiger partial charge in [-0.1, -0.05) is 18.2 Å². The molecule has 0 spiro atoms. The SMILES string of the molecule is COc1cc(OC)c(OC)cc1/C=N/Nc1cc(C)nc2ccccc12. The third kappa shape index (κ3) is 3.54. The smallest absolute Gasteiger partial charge is 0.164 e. The first-order valence-electron chi connectivity index (χ1n) is 8.11. The molecule has 0 atom stereocenters. The Morgan fingerprint density at radius 2 is 1.62 bits per heavy atom. The lowest BCUT2D eigenvalue weighted by Crippen LogP contribution is -1.98. The number of ether oxygens (including phenoxy) is 3. The maximum Gasteiger partial charge on any atom is 0.164 e. The van der Waals surface area contributed by atoms with Crippen LogP contribution in [0.3, 0.4) is 0 Å². The lowest BCUT2D eigenvalue weighted by Gasteiger charge is -2.12. The number of methoxy groups -OCH3 is 3. The van der Waals surface area contributed by atoms with Crippen molar-refractivity contribution < 1.29 is 14.2 Å². The number of anilines is 1. The van der Waals surface area contributed by atoms with Gasteiger partial charge in [-0.15, -0.1) is 0 Å². The number of nitrogens with one attached hydrogen (secondary N) is 1. The van der Waals surface area contributed by atoms with E-state index in [4.69, 9.17) is 14.2 Å². The molecule has 0 saturated carbocycles. The molecule has 0 aliphatic rings. The van der Waals surface area contributed by atoms with E-state index in [1.807, 2.05) is 43.3 Å². The van der Waals surface area contributed by atoms with Crippen LogP contribution in [0.15, 0.2) is 47.6 Å². The number of pyridine rings is 1. The lowest BCUT2D eigenvalue weighted by molar-refractivity contribution is 0.349. The fraction of sp³-hybridized carbons (Fsp3) is 0.200. The van der Waals surface area contributed by atoms with Crippen molar-refractivity contribution in [3.05, 3.63) is 53.7 Å². The zero-order valence-electron chi connectivity index (χ0n) is 15.2. The van der Waals surface area contributed by atoms with E-state index in [1.54, 1.807) is 33.6 Å². The van der Waals surface area contributed by atoms with Gasteiger partial charge in [0.05, 0.1) is 38.7 Å². The second kappa shape index (κ2) is 7.74. The van der Waals surface area contributed by atoms with Crippen LogP contribution in [0.5, 0.6) is 17.2 Å². The Morgan fingerprint density at radius 3 is 2.35 bits per heavy atom. The first kappa shape index (κ1) is 17.5. The minimum absolute atomic E-state index is 0.602. The molecule has 0 fully saturated rings. The van der Waals surface area contributed by atoms with Gasteiger partial charge in [-0.3, -0.25) is 10.4 Å². The topological polar surface area (TPSA) is 65.0 Å². The standard InChI is InChI=1S/C20H21N3O3/c1-13-9-17(15-7-5-6-8-16(15)22-13)23-21-12-14-10-19(25-3)20(26-4)11-18(14)24-2/h5-12H,1-4H3,(H,22,23)/b21-12+. The maximum atomic E-state index is 5.41. The highest BCUT2D eigenvalue weighted by Gasteiger charge is 2.10. The molecule has 1 heterocycles. The number of hydrogen-bond acceptors (Lipinski definition) is 6. The van der Waals surface area contributed by atoms with Crippen molar-refractivity contribution >= 4 is 22.8 Å². The summed E-state index contributed by atoms with van der Waals surface area (Å²) in [6, 6.07) is 13.5. The van der Waals surface area contributed by atoms with Crippen LogP contribution in [0, 0.1) is 6.92 Å². The van der Waals surface area contributed by atoms with Crippen LogP contribution in [0.2, 0.25) is 0 Å². The molecule has 3 rings (SSSR count). The summed E-state index contributed by atoms with van der Waals surface area (Å²) < 4.78 is 16.1. The van der Waals surface area contributed by atoms with Crippen molar-refractivity contribution in [2.45, 2.75) is 6.92 Å². The molecule has 0 unspecified atom stereocenters. The fourth-order valence-electron chi connectivity index (χ4n) is 2.73. The van der Waals surface area contributed by atoms with Crippen LogP contribution >= 0.6 is 0 Å². The van der Waals surface area contributed by atoms with Gasteiger partial charge in [-0.25, -0.2) is 0 Å². The Morgan fingerprint density at radius 1 is 0.923 bits per heavy atom. The zero-order chi connectivity index (χ0) is 18.5. The van der Waals surface area contributed by atoms with Crippen LogP contribution in [0.25, 0.3) is 10.9 Å². The zero-order valence-corrected chi connectivity index (χ0v) is 15.2. The normalized spacial score (nSPS) is 10.9. The summed E-state index contributed by atoms with van der Waals surface area (Å²) in [5, 5.41) is 5.37. The summed E-state index contributed by atoms with van der Waals surface area (Å²) in [4.78, 5) is 4.53. The number of nitrogens with zero attached hydrogens (tertiary/aromatic N) is 2. The van der Waals surface area contributed by atoms with Crippen molar-refractivity contribution in [3.8, 4) is 17.2 Å². The van der Waals surface area contributed by atoms with Gasteiger partial charge in [0.1, 0.15) is 5.75 Å². The highest BCUT2D eigenvalue weighted by molar-refractivity contribution is 5.92. The Labute approximate surface area is 152 Å². The molecule has 3 aromatic rings. The average Bonchev–Trinajstić information content (AvgIpc) is 2.67. The molecule has 0 saturated heterocycles. The van der Waals surface area contributed by atoms with Crippen LogP contribution < -0.4 is 19.6 Å². The van der Waals surface area contributed by atoms with Gasteiger partial charge in [0.2, 0.25) is 0 Å². The van der Waals surface area contributed by atoms with Gasteiger partial charge in [-0.2, -0.15) is 5.10 Å². The highest BCUT2D eigenvalue weighted by Crippen LogP contribution is 2.33. The van der Waals surface area contributed by atoms with E-state index in [2.05, 4.69) is 15.5 Å². The van der Waals surface area contributed by atoms with Crippen LogP contribution in [0.1, 0.15) is 11.3 Å². The summed E-state index contributed by atoms with van der Waals surface area (Å²) in [6.45, 7) is 1.96. The third-order valence-electron chi connectivity index (χ3n) is 3.97. The number of fused-ring (bicyclic) bond motifs is 1. The second-order valence-electron chi connectivity index (χ2n) is 5.65. The van der Waals surface area contributed by atoms with Crippen LogP contribution in [-0.4, -0.2) is 32.5 Å². The predicted octanol–water partition coefficient (Wildman–Crippen LogP) is 4.02. The molecule has 0 bridgehead atoms. The summed E-state index contributed by atoms with van der Waals surface area (Å²) in [6.07, 6.45) is 1.69. The van der Waals surface area contributed by atoms with E-state index in [0.29, 0.717) is 17.2 Å². The van der Waals surface area contributed by atoms with Crippen molar-refractivity contribution in [1.29, 1.82) is 0 Å². The summed E-state index contributed by atoms with van der Waals surface area (Å²) >= 11 is 0. The van der Waals surface area contributed by atoms with Gasteiger partial charge in [0.25, 0.3) is 0 Å². The summed E-state index contributed by atoms with van der Waals surface area (Å²) in [5.41, 5.74) is 6.61. The Bertz CT molecular complexity index is 954. The molecule has 134 valence electrons. The first-order chi connectivity index (χ1) is 12.7. The number of hydrazone groups is 1. The Hall–Kier alpha value is -3.28. The lowest BCUT2D eigenvalue weighted by atomic mass is 10.1. The quantitative estimate of drug-likeness (QED) is 0.537. The number of rotatable bonds is 6. The summed E-state index contributed by atoms with van der Waals surface area (Å²) in [7, 11) is 4.78. The van der Waals surface area contributed by atoms with Gasteiger partial charge in [0, 0.05) is 22.7 Å². The fourth-order valence-corrected chi connectivity index (χ4v) is 2.73. The second-order valence-corrected chi connectivity index (χ2v) is 5.65. The van der Waals surface area contributed by atoms with Crippen molar-refractivity contribution in [2.24, 2.45) is 5.10 Å². The third-order valence-corrected chi connectivity index (χ3v) is 3.97. The van der Waals surface area contributed by atoms with Crippen molar-refractivity contribution in [3.63, 3.8) is 0 Å². The number of benzene rings is 2.